The smallest absolute Gasteiger partial charge is 0.407 e. The van der Waals surface area contributed by atoms with Crippen molar-refractivity contribution in [3.8, 4) is 11.1 Å². The van der Waals surface area contributed by atoms with E-state index in [1.807, 2.05) is 24.3 Å². The van der Waals surface area contributed by atoms with Gasteiger partial charge in [0.05, 0.1) is 0 Å². The summed E-state index contributed by atoms with van der Waals surface area (Å²) in [6, 6.07) is 16.4. The van der Waals surface area contributed by atoms with E-state index in [1.54, 1.807) is 0 Å². The minimum Gasteiger partial charge on any atom is -0.479 e. The molecule has 0 aromatic heterocycles. The van der Waals surface area contributed by atoms with Crippen molar-refractivity contribution in [2.24, 2.45) is 17.8 Å². The highest BCUT2D eigenvalue weighted by Crippen LogP contribution is 2.50. The molecule has 0 radical (unpaired) electrons. The molecule has 4 N–H and O–H groups in total. The number of carboxylic acids is 1. The lowest BCUT2D eigenvalue weighted by molar-refractivity contribution is -0.147. The van der Waals surface area contributed by atoms with E-state index in [2.05, 4.69) is 34.9 Å². The molecule has 3 aliphatic carbocycles. The zero-order chi connectivity index (χ0) is 24.5. The predicted octanol–water partition coefficient (Wildman–Crippen LogP) is 2.89. The first-order valence-electron chi connectivity index (χ1n) is 12.2. The summed E-state index contributed by atoms with van der Waals surface area (Å²) < 4.78 is 5.66. The van der Waals surface area contributed by atoms with Crippen molar-refractivity contribution < 1.29 is 29.3 Å². The number of alkyl carbamates (subject to hydrolysis) is 1. The summed E-state index contributed by atoms with van der Waals surface area (Å²) in [5.74, 6) is -0.898. The molecule has 0 spiro atoms. The van der Waals surface area contributed by atoms with E-state index in [0.29, 0.717) is 12.3 Å². The summed E-state index contributed by atoms with van der Waals surface area (Å²) in [5.41, 5.74) is 4.72. The molecule has 2 unspecified atom stereocenters. The molecule has 5 rings (SSSR count). The van der Waals surface area contributed by atoms with Gasteiger partial charge in [-0.2, -0.15) is 0 Å². The second-order valence-electron chi connectivity index (χ2n) is 9.84. The number of hydrogen-bond acceptors (Lipinski definition) is 5. The van der Waals surface area contributed by atoms with Crippen molar-refractivity contribution in [3.05, 3.63) is 59.7 Å². The molecule has 184 valence electrons. The van der Waals surface area contributed by atoms with Crippen molar-refractivity contribution in [2.45, 2.75) is 43.7 Å². The maximum atomic E-state index is 12.6. The zero-order valence-electron chi connectivity index (χ0n) is 19.4. The van der Waals surface area contributed by atoms with Crippen molar-refractivity contribution in [1.29, 1.82) is 0 Å². The average molecular weight is 479 g/mol. The second kappa shape index (κ2) is 9.70. The maximum absolute atomic E-state index is 12.6. The molecule has 35 heavy (non-hydrogen) atoms. The lowest BCUT2D eigenvalue weighted by atomic mass is 9.71. The number of nitrogens with one attached hydrogen (secondary N) is 2. The highest BCUT2D eigenvalue weighted by Gasteiger charge is 2.50. The van der Waals surface area contributed by atoms with E-state index in [4.69, 9.17) is 9.84 Å². The first-order chi connectivity index (χ1) is 16.9. The Hall–Kier alpha value is -3.39. The third-order valence-corrected chi connectivity index (χ3v) is 7.84. The lowest BCUT2D eigenvalue weighted by Crippen LogP contribution is -2.50. The molecule has 0 heterocycles. The molecule has 2 amide bonds. The van der Waals surface area contributed by atoms with Crippen LogP contribution in [0, 0.1) is 17.8 Å². The molecule has 8 nitrogen and oxygen atoms in total. The van der Waals surface area contributed by atoms with Gasteiger partial charge in [-0.1, -0.05) is 48.5 Å². The summed E-state index contributed by atoms with van der Waals surface area (Å²) in [5, 5.41) is 23.8. The van der Waals surface area contributed by atoms with E-state index in [9.17, 15) is 19.5 Å². The standard InChI is InChI=1S/C27H30N2O6/c30-24(26(32)33)9-10-28-25(31)16-11-15-13-23(21(15)12-16)29-27(34)35-14-22-19-7-3-1-5-17(19)18-6-2-4-8-20(18)22/h1-8,15-16,21-24,30H,9-14H2,(H,28,31)(H,29,34)(H,32,33)/t15-,16?,21-,23+,24?/m1/s1. The number of aliphatic carboxylic acids is 1. The Morgan fingerprint density at radius 3 is 2.29 bits per heavy atom. The van der Waals surface area contributed by atoms with E-state index in [1.165, 1.54) is 22.3 Å². The fraction of sp³-hybridized carbons (Fsp3) is 0.444. The van der Waals surface area contributed by atoms with Crippen LogP contribution in [0.3, 0.4) is 0 Å². The molecular formula is C27H30N2O6. The molecular weight excluding hydrogens is 448 g/mol. The Bertz CT molecular complexity index is 1090. The van der Waals surface area contributed by atoms with E-state index < -0.39 is 18.2 Å². The Balaban J connectivity index is 1.09. The summed E-state index contributed by atoms with van der Waals surface area (Å²) in [6.45, 7) is 0.396. The quantitative estimate of drug-likeness (QED) is 0.462. The fourth-order valence-corrected chi connectivity index (χ4v) is 6.00. The number of hydrogen-bond donors (Lipinski definition) is 4. The monoisotopic (exact) mass is 478 g/mol. The lowest BCUT2D eigenvalue weighted by Gasteiger charge is -2.40. The van der Waals surface area contributed by atoms with Gasteiger partial charge in [0.15, 0.2) is 6.10 Å². The molecule has 3 aliphatic rings. The van der Waals surface area contributed by atoms with E-state index in [0.717, 1.165) is 12.8 Å². The summed E-state index contributed by atoms with van der Waals surface area (Å²) in [4.78, 5) is 35.7. The number of benzene rings is 2. The van der Waals surface area contributed by atoms with Gasteiger partial charge in [-0.25, -0.2) is 9.59 Å². The van der Waals surface area contributed by atoms with Crippen LogP contribution in [0.2, 0.25) is 0 Å². The van der Waals surface area contributed by atoms with Gasteiger partial charge in [-0.15, -0.1) is 0 Å². The Kier molecular flexibility index (Phi) is 6.47. The number of carboxylic acid groups (broad SMARTS) is 1. The number of aliphatic hydroxyl groups excluding tert-OH is 1. The maximum Gasteiger partial charge on any atom is 0.407 e. The van der Waals surface area contributed by atoms with Crippen molar-refractivity contribution in [3.63, 3.8) is 0 Å². The van der Waals surface area contributed by atoms with E-state index in [-0.39, 0.29) is 49.3 Å². The van der Waals surface area contributed by atoms with Crippen molar-refractivity contribution in [2.75, 3.05) is 13.2 Å². The number of fused-ring (bicyclic) bond motifs is 4. The van der Waals surface area contributed by atoms with Gasteiger partial charge < -0.3 is 25.6 Å². The molecule has 2 saturated carbocycles. The Morgan fingerprint density at radius 2 is 1.63 bits per heavy atom. The third-order valence-electron chi connectivity index (χ3n) is 7.84. The number of aliphatic hydroxyl groups is 1. The predicted molar refractivity (Wildman–Crippen MR) is 128 cm³/mol. The zero-order valence-corrected chi connectivity index (χ0v) is 19.4. The normalized spacial score (nSPS) is 24.9. The third kappa shape index (κ3) is 4.62. The molecule has 5 atom stereocenters. The summed E-state index contributed by atoms with van der Waals surface area (Å²) in [7, 11) is 0. The van der Waals surface area contributed by atoms with E-state index >= 15 is 0 Å². The first-order valence-corrected chi connectivity index (χ1v) is 12.2. The van der Waals surface area contributed by atoms with Gasteiger partial charge in [-0.05, 0) is 53.4 Å². The van der Waals surface area contributed by atoms with Crippen LogP contribution < -0.4 is 10.6 Å². The number of ether oxygens (including phenoxy) is 1. The number of carbonyl (C=O) groups excluding carboxylic acids is 2. The molecule has 0 aliphatic heterocycles. The summed E-state index contributed by atoms with van der Waals surface area (Å²) >= 11 is 0. The minimum absolute atomic E-state index is 0.00211. The van der Waals surface area contributed by atoms with Crippen molar-refractivity contribution in [1.82, 2.24) is 10.6 Å². The minimum atomic E-state index is -1.47. The SMILES string of the molecule is O=C(N[C@H]1C[C@H]2CC(C(=O)NCCC(O)C(=O)O)C[C@H]21)OCC1c2ccccc2-c2ccccc21. The van der Waals surface area contributed by atoms with Gasteiger partial charge in [0.25, 0.3) is 0 Å². The van der Waals surface area contributed by atoms with Crippen LogP contribution in [0.5, 0.6) is 0 Å². The van der Waals surface area contributed by atoms with Crippen LogP contribution in [-0.4, -0.2) is 53.5 Å². The molecule has 8 heteroatoms. The van der Waals surface area contributed by atoms with Gasteiger partial charge in [-0.3, -0.25) is 4.79 Å². The fourth-order valence-electron chi connectivity index (χ4n) is 6.00. The topological polar surface area (TPSA) is 125 Å². The van der Waals surface area contributed by atoms with Gasteiger partial charge in [0.2, 0.25) is 5.91 Å². The Morgan fingerprint density at radius 1 is 0.971 bits per heavy atom. The van der Waals surface area contributed by atoms with Gasteiger partial charge in [0, 0.05) is 30.8 Å². The van der Waals surface area contributed by atoms with Crippen LogP contribution in [0.4, 0.5) is 4.79 Å². The number of amides is 2. The largest absolute Gasteiger partial charge is 0.479 e. The first kappa shape index (κ1) is 23.4. The molecule has 0 saturated heterocycles. The molecule has 2 aromatic carbocycles. The number of rotatable bonds is 8. The van der Waals surface area contributed by atoms with Crippen LogP contribution >= 0.6 is 0 Å². The molecule has 2 fully saturated rings. The highest BCUT2D eigenvalue weighted by molar-refractivity contribution is 5.80. The highest BCUT2D eigenvalue weighted by atomic mass is 16.5. The van der Waals surface area contributed by atoms with Crippen LogP contribution in [0.25, 0.3) is 11.1 Å². The van der Waals surface area contributed by atoms with Crippen molar-refractivity contribution >= 4 is 18.0 Å². The second-order valence-corrected chi connectivity index (χ2v) is 9.84. The molecule has 2 aromatic rings. The van der Waals surface area contributed by atoms with Crippen LogP contribution in [-0.2, 0) is 14.3 Å². The van der Waals surface area contributed by atoms with Gasteiger partial charge >= 0.3 is 12.1 Å². The molecule has 0 bridgehead atoms. The van der Waals surface area contributed by atoms with Crippen LogP contribution in [0.1, 0.15) is 42.7 Å². The van der Waals surface area contributed by atoms with Gasteiger partial charge in [0.1, 0.15) is 6.61 Å². The summed E-state index contributed by atoms with van der Waals surface area (Å²) in [6.07, 6.45) is 0.364. The average Bonchev–Trinajstić information content (AvgIpc) is 3.36. The Labute approximate surface area is 203 Å². The van der Waals surface area contributed by atoms with Crippen LogP contribution in [0.15, 0.2) is 48.5 Å². The number of carbonyl (C=O) groups is 3.